The number of hydrogen-bond acceptors (Lipinski definition) is 2. The number of fused-ring (bicyclic) bond motifs is 1. The standard InChI is InChI=1S/C17H19N3/c1-12-10-13-6-2-4-8-15(13)20(11-12)16-9-5-3-7-14(16)17(18)19/h2-9,12H,10-11H2,1H3,(H3,18,19). The Labute approximate surface area is 119 Å². The van der Waals surface area contributed by atoms with Crippen LogP contribution in [0, 0.1) is 11.3 Å². The highest BCUT2D eigenvalue weighted by atomic mass is 15.2. The van der Waals surface area contributed by atoms with Gasteiger partial charge >= 0.3 is 0 Å². The second-order valence-corrected chi connectivity index (χ2v) is 5.48. The van der Waals surface area contributed by atoms with E-state index in [0.29, 0.717) is 5.92 Å². The molecule has 0 aliphatic carbocycles. The second kappa shape index (κ2) is 5.00. The van der Waals surface area contributed by atoms with Crippen LogP contribution in [0.3, 0.4) is 0 Å². The molecular formula is C17H19N3. The van der Waals surface area contributed by atoms with Crippen LogP contribution in [0.25, 0.3) is 0 Å². The fourth-order valence-electron chi connectivity index (χ4n) is 2.96. The first-order valence-electron chi connectivity index (χ1n) is 6.95. The highest BCUT2D eigenvalue weighted by molar-refractivity contribution is 6.01. The Morgan fingerprint density at radius 3 is 2.50 bits per heavy atom. The first-order chi connectivity index (χ1) is 9.66. The second-order valence-electron chi connectivity index (χ2n) is 5.48. The Morgan fingerprint density at radius 2 is 1.75 bits per heavy atom. The lowest BCUT2D eigenvalue weighted by molar-refractivity contribution is 0.562. The van der Waals surface area contributed by atoms with E-state index in [1.807, 2.05) is 24.3 Å². The van der Waals surface area contributed by atoms with E-state index < -0.39 is 0 Å². The molecule has 1 aliphatic rings. The third-order valence-electron chi connectivity index (χ3n) is 3.83. The van der Waals surface area contributed by atoms with Crippen molar-refractivity contribution in [3.8, 4) is 0 Å². The van der Waals surface area contributed by atoms with E-state index in [0.717, 1.165) is 24.2 Å². The maximum atomic E-state index is 7.78. The number of benzene rings is 2. The fourth-order valence-corrected chi connectivity index (χ4v) is 2.96. The zero-order chi connectivity index (χ0) is 14.1. The Kier molecular flexibility index (Phi) is 3.18. The molecule has 0 saturated heterocycles. The van der Waals surface area contributed by atoms with E-state index in [1.165, 1.54) is 11.3 Å². The summed E-state index contributed by atoms with van der Waals surface area (Å²) in [5.74, 6) is 0.709. The summed E-state index contributed by atoms with van der Waals surface area (Å²) in [4.78, 5) is 2.29. The van der Waals surface area contributed by atoms with Gasteiger partial charge in [-0.3, -0.25) is 5.41 Å². The van der Waals surface area contributed by atoms with E-state index in [1.54, 1.807) is 0 Å². The predicted molar refractivity (Wildman–Crippen MR) is 83.8 cm³/mol. The van der Waals surface area contributed by atoms with Gasteiger partial charge in [0.05, 0.1) is 5.69 Å². The highest BCUT2D eigenvalue weighted by Gasteiger charge is 2.24. The third kappa shape index (κ3) is 2.16. The molecule has 3 rings (SSSR count). The first-order valence-corrected chi connectivity index (χ1v) is 6.95. The van der Waals surface area contributed by atoms with Crippen LogP contribution in [0.1, 0.15) is 18.1 Å². The van der Waals surface area contributed by atoms with Crippen LogP contribution in [0.5, 0.6) is 0 Å². The number of nitrogens with two attached hydrogens (primary N) is 1. The molecule has 2 aromatic carbocycles. The van der Waals surface area contributed by atoms with Gasteiger partial charge in [0.15, 0.2) is 0 Å². The maximum absolute atomic E-state index is 7.78. The van der Waals surface area contributed by atoms with Gasteiger partial charge in [-0.15, -0.1) is 0 Å². The van der Waals surface area contributed by atoms with Gasteiger partial charge in [-0.25, -0.2) is 0 Å². The molecule has 1 aliphatic heterocycles. The van der Waals surface area contributed by atoms with E-state index in [4.69, 9.17) is 11.1 Å². The largest absolute Gasteiger partial charge is 0.384 e. The van der Waals surface area contributed by atoms with Crippen molar-refractivity contribution >= 4 is 17.2 Å². The number of amidine groups is 1. The van der Waals surface area contributed by atoms with Crippen molar-refractivity contribution in [3.63, 3.8) is 0 Å². The average Bonchev–Trinajstić information content (AvgIpc) is 2.46. The average molecular weight is 265 g/mol. The highest BCUT2D eigenvalue weighted by Crippen LogP contribution is 2.36. The number of rotatable bonds is 2. The van der Waals surface area contributed by atoms with Crippen molar-refractivity contribution in [2.24, 2.45) is 11.7 Å². The van der Waals surface area contributed by atoms with E-state index in [9.17, 15) is 0 Å². The number of nitrogen functional groups attached to an aromatic ring is 1. The molecule has 1 heterocycles. The summed E-state index contributed by atoms with van der Waals surface area (Å²) in [6.45, 7) is 3.22. The SMILES string of the molecule is CC1Cc2ccccc2N(c2ccccc2C(=N)N)C1. The zero-order valence-corrected chi connectivity index (χ0v) is 11.6. The van der Waals surface area contributed by atoms with Gasteiger partial charge in [-0.05, 0) is 36.1 Å². The van der Waals surface area contributed by atoms with E-state index in [2.05, 4.69) is 36.1 Å². The molecule has 0 saturated carbocycles. The van der Waals surface area contributed by atoms with Crippen LogP contribution < -0.4 is 10.6 Å². The smallest absolute Gasteiger partial charge is 0.124 e. The lowest BCUT2D eigenvalue weighted by Gasteiger charge is -2.35. The van der Waals surface area contributed by atoms with Crippen LogP contribution >= 0.6 is 0 Å². The summed E-state index contributed by atoms with van der Waals surface area (Å²) in [7, 11) is 0. The minimum Gasteiger partial charge on any atom is -0.384 e. The quantitative estimate of drug-likeness (QED) is 0.646. The summed E-state index contributed by atoms with van der Waals surface area (Å²) in [5.41, 5.74) is 10.2. The molecule has 0 spiro atoms. The first kappa shape index (κ1) is 12.7. The molecule has 1 unspecified atom stereocenters. The molecular weight excluding hydrogens is 246 g/mol. The summed E-state index contributed by atoms with van der Waals surface area (Å²) in [5, 5.41) is 7.78. The Morgan fingerprint density at radius 1 is 1.10 bits per heavy atom. The molecule has 0 aromatic heterocycles. The van der Waals surface area contributed by atoms with Crippen molar-refractivity contribution in [2.45, 2.75) is 13.3 Å². The third-order valence-corrected chi connectivity index (χ3v) is 3.83. The van der Waals surface area contributed by atoms with Crippen LogP contribution in [-0.2, 0) is 6.42 Å². The number of hydrogen-bond donors (Lipinski definition) is 2. The van der Waals surface area contributed by atoms with Crippen LogP contribution in [0.4, 0.5) is 11.4 Å². The normalized spacial score (nSPS) is 17.6. The molecule has 1 atom stereocenters. The lowest BCUT2D eigenvalue weighted by atomic mass is 9.93. The summed E-state index contributed by atoms with van der Waals surface area (Å²) < 4.78 is 0. The molecule has 3 N–H and O–H groups in total. The molecule has 102 valence electrons. The van der Waals surface area contributed by atoms with E-state index >= 15 is 0 Å². The van der Waals surface area contributed by atoms with Gasteiger partial charge in [0.25, 0.3) is 0 Å². The lowest BCUT2D eigenvalue weighted by Crippen LogP contribution is -2.32. The molecule has 3 nitrogen and oxygen atoms in total. The van der Waals surface area contributed by atoms with Crippen molar-refractivity contribution in [1.29, 1.82) is 5.41 Å². The molecule has 0 amide bonds. The Balaban J connectivity index is 2.13. The number of nitrogens with one attached hydrogen (secondary N) is 1. The summed E-state index contributed by atoms with van der Waals surface area (Å²) >= 11 is 0. The Hall–Kier alpha value is -2.29. The summed E-state index contributed by atoms with van der Waals surface area (Å²) in [6.07, 6.45) is 1.11. The van der Waals surface area contributed by atoms with Gasteiger partial charge in [0.1, 0.15) is 5.84 Å². The number of nitrogens with zero attached hydrogens (tertiary/aromatic N) is 1. The van der Waals surface area contributed by atoms with Crippen LogP contribution in [0.2, 0.25) is 0 Å². The molecule has 0 fully saturated rings. The fraction of sp³-hybridized carbons (Fsp3) is 0.235. The number of anilines is 2. The van der Waals surface area contributed by atoms with Crippen LogP contribution in [-0.4, -0.2) is 12.4 Å². The molecule has 3 heteroatoms. The van der Waals surface area contributed by atoms with Crippen molar-refractivity contribution in [3.05, 3.63) is 59.7 Å². The Bertz CT molecular complexity index is 648. The molecule has 20 heavy (non-hydrogen) atoms. The minimum atomic E-state index is 0.122. The van der Waals surface area contributed by atoms with Crippen molar-refractivity contribution < 1.29 is 0 Å². The summed E-state index contributed by atoms with van der Waals surface area (Å²) in [6, 6.07) is 16.4. The van der Waals surface area contributed by atoms with Crippen molar-refractivity contribution in [2.75, 3.05) is 11.4 Å². The molecule has 2 aromatic rings. The maximum Gasteiger partial charge on any atom is 0.124 e. The molecule has 0 radical (unpaired) electrons. The van der Waals surface area contributed by atoms with Crippen molar-refractivity contribution in [1.82, 2.24) is 0 Å². The zero-order valence-electron chi connectivity index (χ0n) is 11.6. The van der Waals surface area contributed by atoms with Gasteiger partial charge in [-0.1, -0.05) is 37.3 Å². The predicted octanol–water partition coefficient (Wildman–Crippen LogP) is 3.30. The monoisotopic (exact) mass is 265 g/mol. The number of para-hydroxylation sites is 2. The molecule has 0 bridgehead atoms. The minimum absolute atomic E-state index is 0.122. The van der Waals surface area contributed by atoms with Gasteiger partial charge in [0, 0.05) is 17.8 Å². The van der Waals surface area contributed by atoms with E-state index in [-0.39, 0.29) is 5.84 Å². The topological polar surface area (TPSA) is 53.1 Å². The van der Waals surface area contributed by atoms with Gasteiger partial charge in [-0.2, -0.15) is 0 Å². The van der Waals surface area contributed by atoms with Gasteiger partial charge < -0.3 is 10.6 Å². The van der Waals surface area contributed by atoms with Gasteiger partial charge in [0.2, 0.25) is 0 Å². The van der Waals surface area contributed by atoms with Crippen LogP contribution in [0.15, 0.2) is 48.5 Å².